The molecule has 0 aromatic carbocycles. The molecule has 2 fully saturated rings. The lowest BCUT2D eigenvalue weighted by Gasteiger charge is -2.33. The molecule has 25 heavy (non-hydrogen) atoms. The number of nitrogens with one attached hydrogen (secondary N) is 2. The number of hydrogen-bond donors (Lipinski definition) is 2. The van der Waals surface area contributed by atoms with E-state index in [1.54, 1.807) is 0 Å². The van der Waals surface area contributed by atoms with Crippen molar-refractivity contribution in [2.45, 2.75) is 62.4 Å². The topological polar surface area (TPSA) is 61.4 Å². The van der Waals surface area contributed by atoms with E-state index in [2.05, 4.69) is 33.9 Å². The fourth-order valence-corrected chi connectivity index (χ4v) is 6.76. The average molecular weight is 380 g/mol. The number of hydrogen-bond acceptors (Lipinski definition) is 4. The average Bonchev–Trinajstić information content (AvgIpc) is 3.28. The van der Waals surface area contributed by atoms with Crippen LogP contribution in [0.5, 0.6) is 0 Å². The van der Waals surface area contributed by atoms with Crippen molar-refractivity contribution in [3.05, 3.63) is 21.9 Å². The molecule has 2 saturated heterocycles. The Hall–Kier alpha value is -1.21. The summed E-state index contributed by atoms with van der Waals surface area (Å²) in [6.45, 7) is 3.00. The highest BCUT2D eigenvalue weighted by Gasteiger charge is 2.42. The third kappa shape index (κ3) is 3.40. The van der Waals surface area contributed by atoms with Crippen LogP contribution < -0.4 is 10.6 Å². The second-order valence-corrected chi connectivity index (χ2v) is 9.45. The maximum Gasteiger partial charge on any atom is 0.315 e. The van der Waals surface area contributed by atoms with Gasteiger partial charge in [-0.3, -0.25) is 4.79 Å². The maximum atomic E-state index is 12.6. The molecule has 7 heteroatoms. The summed E-state index contributed by atoms with van der Waals surface area (Å²) in [5, 5.41) is 8.64. The van der Waals surface area contributed by atoms with Crippen molar-refractivity contribution in [2.75, 3.05) is 12.3 Å². The van der Waals surface area contributed by atoms with Gasteiger partial charge in [0.05, 0.1) is 18.1 Å². The van der Waals surface area contributed by atoms with Gasteiger partial charge in [0.1, 0.15) is 0 Å². The van der Waals surface area contributed by atoms with Crippen molar-refractivity contribution in [3.63, 3.8) is 0 Å². The molecule has 0 saturated carbocycles. The van der Waals surface area contributed by atoms with Gasteiger partial charge in [0.2, 0.25) is 5.91 Å². The molecule has 0 unspecified atom stereocenters. The number of thiophene rings is 1. The zero-order valence-corrected chi connectivity index (χ0v) is 16.1. The van der Waals surface area contributed by atoms with Crippen LogP contribution in [0.3, 0.4) is 0 Å². The summed E-state index contributed by atoms with van der Waals surface area (Å²) in [5.41, 5.74) is 1.34. The molecule has 1 aromatic heterocycles. The molecule has 1 aromatic rings. The van der Waals surface area contributed by atoms with Crippen molar-refractivity contribution in [1.82, 2.24) is 15.5 Å². The molecule has 4 atom stereocenters. The van der Waals surface area contributed by atoms with Crippen molar-refractivity contribution in [1.29, 1.82) is 0 Å². The lowest BCUT2D eigenvalue weighted by atomic mass is 10.00. The lowest BCUT2D eigenvalue weighted by Crippen LogP contribution is -2.38. The Morgan fingerprint density at radius 3 is 3.12 bits per heavy atom. The van der Waals surface area contributed by atoms with Crippen LogP contribution in [0, 0.1) is 0 Å². The van der Waals surface area contributed by atoms with Gasteiger partial charge in [0.15, 0.2) is 0 Å². The summed E-state index contributed by atoms with van der Waals surface area (Å²) in [6.07, 6.45) is 4.70. The third-order valence-corrected chi connectivity index (χ3v) is 8.17. The summed E-state index contributed by atoms with van der Waals surface area (Å²) >= 11 is 3.76. The van der Waals surface area contributed by atoms with Crippen molar-refractivity contribution in [2.24, 2.45) is 0 Å². The van der Waals surface area contributed by atoms with E-state index in [-0.39, 0.29) is 30.1 Å². The minimum Gasteiger partial charge on any atom is -0.336 e. The van der Waals surface area contributed by atoms with E-state index in [4.69, 9.17) is 0 Å². The largest absolute Gasteiger partial charge is 0.336 e. The van der Waals surface area contributed by atoms with Crippen LogP contribution in [0.2, 0.25) is 0 Å². The van der Waals surface area contributed by atoms with Gasteiger partial charge in [-0.15, -0.1) is 11.3 Å². The number of rotatable bonds is 5. The Kier molecular flexibility index (Phi) is 4.95. The molecule has 3 aliphatic rings. The molecule has 3 aliphatic heterocycles. The zero-order chi connectivity index (χ0) is 17.4. The fourth-order valence-electron chi connectivity index (χ4n) is 4.26. The zero-order valence-electron chi connectivity index (χ0n) is 14.5. The van der Waals surface area contributed by atoms with Gasteiger partial charge >= 0.3 is 6.03 Å². The van der Waals surface area contributed by atoms with E-state index < -0.39 is 0 Å². The molecular weight excluding hydrogens is 354 g/mol. The number of thioether (sulfide) groups is 1. The molecule has 4 rings (SSSR count). The van der Waals surface area contributed by atoms with E-state index in [1.807, 2.05) is 23.1 Å². The molecule has 0 radical (unpaired) electrons. The van der Waals surface area contributed by atoms with Gasteiger partial charge in [0.25, 0.3) is 0 Å². The second kappa shape index (κ2) is 7.19. The normalized spacial score (nSPS) is 30.6. The number of carbonyl (C=O) groups excluding carboxylic acids is 2. The van der Waals surface area contributed by atoms with Gasteiger partial charge < -0.3 is 15.5 Å². The van der Waals surface area contributed by atoms with E-state index >= 15 is 0 Å². The lowest BCUT2D eigenvalue weighted by molar-refractivity contribution is -0.133. The first kappa shape index (κ1) is 17.2. The molecule has 0 aliphatic carbocycles. The van der Waals surface area contributed by atoms with Gasteiger partial charge in [-0.1, -0.05) is 6.42 Å². The molecule has 4 heterocycles. The smallest absolute Gasteiger partial charge is 0.315 e. The van der Waals surface area contributed by atoms with Gasteiger partial charge in [-0.05, 0) is 43.2 Å². The summed E-state index contributed by atoms with van der Waals surface area (Å²) < 4.78 is 0. The Labute approximate surface area is 156 Å². The Bertz CT molecular complexity index is 663. The molecule has 136 valence electrons. The van der Waals surface area contributed by atoms with E-state index in [0.29, 0.717) is 11.7 Å². The van der Waals surface area contributed by atoms with Crippen LogP contribution in [0.25, 0.3) is 0 Å². The minimum atomic E-state index is -0.0256. The maximum absolute atomic E-state index is 12.6. The summed E-state index contributed by atoms with van der Waals surface area (Å²) in [4.78, 5) is 27.5. The number of carbonyl (C=O) groups is 2. The molecule has 0 spiro atoms. The fraction of sp³-hybridized carbons (Fsp3) is 0.667. The Morgan fingerprint density at radius 2 is 2.24 bits per heavy atom. The summed E-state index contributed by atoms with van der Waals surface area (Å²) in [7, 11) is 0. The second-order valence-electron chi connectivity index (χ2n) is 7.18. The van der Waals surface area contributed by atoms with Crippen molar-refractivity contribution in [3.8, 4) is 0 Å². The predicted molar refractivity (Wildman–Crippen MR) is 102 cm³/mol. The van der Waals surface area contributed by atoms with Crippen LogP contribution in [-0.4, -0.2) is 46.5 Å². The first-order chi connectivity index (χ1) is 12.1. The predicted octanol–water partition coefficient (Wildman–Crippen LogP) is 2.92. The SMILES string of the molecule is C[C@H]1c2ccsc2CCN1C(=O)CCCC[C@@H]1SC[C@@H]2NC(=O)N[C@@H]21. The molecule has 5 nitrogen and oxygen atoms in total. The quantitative estimate of drug-likeness (QED) is 0.611. The molecule has 2 N–H and O–H groups in total. The van der Waals surface area contributed by atoms with Crippen molar-refractivity contribution >= 4 is 35.0 Å². The number of fused-ring (bicyclic) bond motifs is 2. The Balaban J connectivity index is 1.22. The van der Waals surface area contributed by atoms with E-state index in [1.165, 1.54) is 10.4 Å². The molecular formula is C18H25N3O2S2. The number of urea groups is 1. The first-order valence-corrected chi connectivity index (χ1v) is 11.1. The summed E-state index contributed by atoms with van der Waals surface area (Å²) in [5.74, 6) is 1.29. The van der Waals surface area contributed by atoms with Gasteiger partial charge in [-0.2, -0.15) is 11.8 Å². The van der Waals surface area contributed by atoms with Gasteiger partial charge in [-0.25, -0.2) is 4.79 Å². The highest BCUT2D eigenvalue weighted by atomic mass is 32.2. The Morgan fingerprint density at radius 1 is 1.36 bits per heavy atom. The monoisotopic (exact) mass is 379 g/mol. The van der Waals surface area contributed by atoms with Gasteiger partial charge in [0, 0.05) is 28.8 Å². The summed E-state index contributed by atoms with van der Waals surface area (Å²) in [6, 6.07) is 2.92. The standard InChI is InChI=1S/C18H25N3O2S2/c1-11-12-7-9-24-14(12)6-8-21(11)16(22)5-3-2-4-15-17-13(10-25-15)19-18(23)20-17/h7,9,11,13,15,17H,2-6,8,10H2,1H3,(H2,19,20,23)/t11-,13-,15-,17-/m0/s1. The van der Waals surface area contributed by atoms with Crippen LogP contribution in [0.15, 0.2) is 11.4 Å². The van der Waals surface area contributed by atoms with Crippen LogP contribution >= 0.6 is 23.1 Å². The molecule has 0 bridgehead atoms. The number of unbranched alkanes of at least 4 members (excludes halogenated alkanes) is 1. The van der Waals surface area contributed by atoms with Crippen molar-refractivity contribution < 1.29 is 9.59 Å². The first-order valence-electron chi connectivity index (χ1n) is 9.18. The highest BCUT2D eigenvalue weighted by Crippen LogP contribution is 2.34. The number of amides is 3. The third-order valence-electron chi connectivity index (χ3n) is 5.67. The van der Waals surface area contributed by atoms with Crippen LogP contribution in [0.1, 0.15) is 49.1 Å². The number of nitrogens with zero attached hydrogens (tertiary/aromatic N) is 1. The highest BCUT2D eigenvalue weighted by molar-refractivity contribution is 8.00. The minimum absolute atomic E-state index is 0.0256. The van der Waals surface area contributed by atoms with E-state index in [9.17, 15) is 9.59 Å². The van der Waals surface area contributed by atoms with Crippen LogP contribution in [0.4, 0.5) is 4.79 Å². The molecule has 3 amide bonds. The van der Waals surface area contributed by atoms with Crippen LogP contribution in [-0.2, 0) is 11.2 Å². The van der Waals surface area contributed by atoms with E-state index in [0.717, 1.165) is 38.0 Å².